The van der Waals surface area contributed by atoms with Gasteiger partial charge in [-0.15, -0.1) is 11.3 Å². The summed E-state index contributed by atoms with van der Waals surface area (Å²) >= 11 is 1.42. The van der Waals surface area contributed by atoms with Crippen LogP contribution in [0.2, 0.25) is 0 Å². The summed E-state index contributed by atoms with van der Waals surface area (Å²) in [5.41, 5.74) is 1.82. The number of amides is 1. The number of hydrogen-bond acceptors (Lipinski definition) is 6. The number of hydrogen-bond donors (Lipinski definition) is 2. The van der Waals surface area contributed by atoms with E-state index in [-0.39, 0.29) is 23.6 Å². The summed E-state index contributed by atoms with van der Waals surface area (Å²) in [5.74, 6) is -0.0958. The SMILES string of the molecule is COC(=O)c1c(NC(=O)COc2ccccc2C)sc2c1CC(C)(C)NC2(C)C. The van der Waals surface area contributed by atoms with Crippen molar-refractivity contribution >= 4 is 28.2 Å². The number of thiophene rings is 1. The molecule has 0 spiro atoms. The minimum absolute atomic E-state index is 0.138. The molecule has 2 heterocycles. The number of fused-ring (bicyclic) bond motifs is 1. The fourth-order valence-corrected chi connectivity index (χ4v) is 5.24. The topological polar surface area (TPSA) is 76.7 Å². The van der Waals surface area contributed by atoms with Crippen molar-refractivity contribution in [1.29, 1.82) is 0 Å². The number of carbonyl (C=O) groups is 2. The maximum absolute atomic E-state index is 12.6. The van der Waals surface area contributed by atoms with Gasteiger partial charge in [0.1, 0.15) is 10.8 Å². The first-order valence-electron chi connectivity index (χ1n) is 9.56. The van der Waals surface area contributed by atoms with Crippen LogP contribution < -0.4 is 15.4 Å². The molecule has 156 valence electrons. The van der Waals surface area contributed by atoms with Gasteiger partial charge in [-0.3, -0.25) is 4.79 Å². The quantitative estimate of drug-likeness (QED) is 0.720. The molecule has 0 bridgehead atoms. The Morgan fingerprint density at radius 2 is 1.90 bits per heavy atom. The van der Waals surface area contributed by atoms with Gasteiger partial charge in [0.2, 0.25) is 0 Å². The van der Waals surface area contributed by atoms with Gasteiger partial charge in [-0.05, 0) is 58.2 Å². The van der Waals surface area contributed by atoms with Gasteiger partial charge in [0, 0.05) is 16.0 Å². The standard InChI is InChI=1S/C22H28N2O4S/c1-13-9-7-8-10-15(13)28-12-16(25)23-19-17(20(26)27-6)14-11-21(2,3)24-22(4,5)18(14)29-19/h7-10,24H,11-12H2,1-6H3,(H,23,25). The maximum atomic E-state index is 12.6. The second-order valence-electron chi connectivity index (χ2n) is 8.52. The van der Waals surface area contributed by atoms with E-state index < -0.39 is 5.97 Å². The van der Waals surface area contributed by atoms with E-state index in [2.05, 4.69) is 38.3 Å². The molecule has 29 heavy (non-hydrogen) atoms. The Morgan fingerprint density at radius 3 is 2.55 bits per heavy atom. The van der Waals surface area contributed by atoms with Crippen molar-refractivity contribution < 1.29 is 19.1 Å². The van der Waals surface area contributed by atoms with E-state index >= 15 is 0 Å². The van der Waals surface area contributed by atoms with Crippen molar-refractivity contribution in [2.24, 2.45) is 0 Å². The highest BCUT2D eigenvalue weighted by atomic mass is 32.1. The molecule has 2 aromatic rings. The summed E-state index contributed by atoms with van der Waals surface area (Å²) in [5, 5.41) is 6.98. The van der Waals surface area contributed by atoms with Gasteiger partial charge in [-0.1, -0.05) is 18.2 Å². The Balaban J connectivity index is 1.87. The fourth-order valence-electron chi connectivity index (χ4n) is 3.96. The van der Waals surface area contributed by atoms with Crippen molar-refractivity contribution in [2.75, 3.05) is 19.0 Å². The van der Waals surface area contributed by atoms with E-state index in [1.807, 2.05) is 31.2 Å². The third-order valence-corrected chi connectivity index (χ3v) is 6.41. The highest BCUT2D eigenvalue weighted by molar-refractivity contribution is 7.17. The number of aryl methyl sites for hydroxylation is 1. The van der Waals surface area contributed by atoms with Gasteiger partial charge in [0.15, 0.2) is 6.61 Å². The number of ether oxygens (including phenoxy) is 2. The number of carbonyl (C=O) groups excluding carboxylic acids is 2. The molecule has 1 amide bonds. The molecule has 6 nitrogen and oxygen atoms in total. The number of esters is 1. The molecule has 1 aromatic heterocycles. The van der Waals surface area contributed by atoms with Crippen LogP contribution in [0.5, 0.6) is 5.75 Å². The molecule has 2 N–H and O–H groups in total. The van der Waals surface area contributed by atoms with Gasteiger partial charge < -0.3 is 20.1 Å². The molecule has 0 saturated heterocycles. The Morgan fingerprint density at radius 1 is 1.21 bits per heavy atom. The largest absolute Gasteiger partial charge is 0.483 e. The van der Waals surface area contributed by atoms with E-state index in [1.165, 1.54) is 18.4 Å². The lowest BCUT2D eigenvalue weighted by molar-refractivity contribution is -0.118. The maximum Gasteiger partial charge on any atom is 0.341 e. The third-order valence-electron chi connectivity index (χ3n) is 4.94. The number of rotatable bonds is 5. The van der Waals surface area contributed by atoms with Crippen molar-refractivity contribution in [3.8, 4) is 5.75 Å². The minimum atomic E-state index is -0.439. The smallest absolute Gasteiger partial charge is 0.341 e. The van der Waals surface area contributed by atoms with Crippen molar-refractivity contribution in [2.45, 2.75) is 52.1 Å². The zero-order valence-electron chi connectivity index (χ0n) is 17.8. The zero-order valence-corrected chi connectivity index (χ0v) is 18.6. The Labute approximate surface area is 175 Å². The Hall–Kier alpha value is -2.38. The molecule has 1 aliphatic rings. The van der Waals surface area contributed by atoms with E-state index in [9.17, 15) is 9.59 Å². The first-order valence-corrected chi connectivity index (χ1v) is 10.4. The molecule has 0 saturated carbocycles. The lowest BCUT2D eigenvalue weighted by atomic mass is 9.81. The lowest BCUT2D eigenvalue weighted by Gasteiger charge is -2.42. The molecule has 0 atom stereocenters. The van der Waals surface area contributed by atoms with Gasteiger partial charge in [-0.2, -0.15) is 0 Å². The summed E-state index contributed by atoms with van der Waals surface area (Å²) in [4.78, 5) is 26.2. The summed E-state index contributed by atoms with van der Waals surface area (Å²) < 4.78 is 10.7. The lowest BCUT2D eigenvalue weighted by Crippen LogP contribution is -2.55. The van der Waals surface area contributed by atoms with E-state index in [0.29, 0.717) is 22.7 Å². The zero-order chi connectivity index (χ0) is 21.4. The van der Waals surface area contributed by atoms with Crippen molar-refractivity contribution in [3.63, 3.8) is 0 Å². The number of methoxy groups -OCH3 is 1. The Kier molecular flexibility index (Phi) is 5.74. The van der Waals surface area contributed by atoms with E-state index in [1.54, 1.807) is 0 Å². The van der Waals surface area contributed by atoms with Crippen LogP contribution >= 0.6 is 11.3 Å². The molecule has 0 aliphatic carbocycles. The van der Waals surface area contributed by atoms with Crippen LogP contribution in [-0.2, 0) is 21.5 Å². The van der Waals surface area contributed by atoms with Gasteiger partial charge in [0.05, 0.1) is 12.7 Å². The molecule has 0 fully saturated rings. The van der Waals surface area contributed by atoms with Crippen LogP contribution in [0.4, 0.5) is 5.00 Å². The van der Waals surface area contributed by atoms with E-state index in [0.717, 1.165) is 16.0 Å². The fraction of sp³-hybridized carbons (Fsp3) is 0.455. The Bertz CT molecular complexity index is 946. The second kappa shape index (κ2) is 7.80. The molecule has 7 heteroatoms. The van der Waals surface area contributed by atoms with Crippen LogP contribution in [-0.4, -0.2) is 31.1 Å². The van der Waals surface area contributed by atoms with Crippen molar-refractivity contribution in [1.82, 2.24) is 5.32 Å². The molecule has 1 aromatic carbocycles. The molecule has 1 aliphatic heterocycles. The number of para-hydroxylation sites is 1. The highest BCUT2D eigenvalue weighted by Crippen LogP contribution is 2.45. The van der Waals surface area contributed by atoms with Crippen LogP contribution in [0, 0.1) is 6.92 Å². The van der Waals surface area contributed by atoms with Crippen LogP contribution in [0.15, 0.2) is 24.3 Å². The molecular weight excluding hydrogens is 388 g/mol. The van der Waals surface area contributed by atoms with Gasteiger partial charge >= 0.3 is 5.97 Å². The van der Waals surface area contributed by atoms with Crippen molar-refractivity contribution in [3.05, 3.63) is 45.8 Å². The average molecular weight is 417 g/mol. The molecule has 0 unspecified atom stereocenters. The van der Waals surface area contributed by atoms with Gasteiger partial charge in [-0.25, -0.2) is 4.79 Å². The highest BCUT2D eigenvalue weighted by Gasteiger charge is 2.42. The summed E-state index contributed by atoms with van der Waals surface area (Å²) in [6, 6.07) is 7.52. The second-order valence-corrected chi connectivity index (χ2v) is 9.54. The predicted molar refractivity (Wildman–Crippen MR) is 115 cm³/mol. The van der Waals surface area contributed by atoms with Crippen LogP contribution in [0.1, 0.15) is 54.1 Å². The summed E-state index contributed by atoms with van der Waals surface area (Å²) in [6.07, 6.45) is 0.669. The monoisotopic (exact) mass is 416 g/mol. The first-order chi connectivity index (χ1) is 13.5. The molecule has 3 rings (SSSR count). The van der Waals surface area contributed by atoms with Gasteiger partial charge in [0.25, 0.3) is 5.91 Å². The third kappa shape index (κ3) is 4.46. The number of benzene rings is 1. The summed E-state index contributed by atoms with van der Waals surface area (Å²) in [7, 11) is 1.36. The van der Waals surface area contributed by atoms with Crippen LogP contribution in [0.25, 0.3) is 0 Å². The average Bonchev–Trinajstić information content (AvgIpc) is 2.97. The van der Waals surface area contributed by atoms with E-state index in [4.69, 9.17) is 9.47 Å². The number of nitrogens with one attached hydrogen (secondary N) is 2. The minimum Gasteiger partial charge on any atom is -0.483 e. The first kappa shape index (κ1) is 21.3. The number of anilines is 1. The summed E-state index contributed by atoms with van der Waals surface area (Å²) in [6.45, 7) is 10.2. The van der Waals surface area contributed by atoms with Crippen LogP contribution in [0.3, 0.4) is 0 Å². The molecular formula is C22H28N2O4S. The molecule has 0 radical (unpaired) electrons. The predicted octanol–water partition coefficient (Wildman–Crippen LogP) is 4.02. The normalized spacial score (nSPS) is 16.6.